The highest BCUT2D eigenvalue weighted by atomic mass is 32.1. The molecule has 8 nitrogen and oxygen atoms in total. The molecule has 4 rings (SSSR count). The fraction of sp³-hybridized carbons (Fsp3) is 0.455. The molecule has 1 atom stereocenters. The summed E-state index contributed by atoms with van der Waals surface area (Å²) in [6.45, 7) is 6.07. The Morgan fingerprint density at radius 1 is 1.03 bits per heavy atom. The molecule has 2 aliphatic heterocycles. The first kappa shape index (κ1) is 30.0. The van der Waals surface area contributed by atoms with Gasteiger partial charge in [0.2, 0.25) is 5.91 Å². The largest absolute Gasteiger partial charge is 0.490 e. The Balaban J connectivity index is 0.000000286. The summed E-state index contributed by atoms with van der Waals surface area (Å²) in [4.78, 5) is 41.8. The van der Waals surface area contributed by atoms with E-state index in [2.05, 4.69) is 28.9 Å². The number of anilines is 1. The van der Waals surface area contributed by atoms with Crippen molar-refractivity contribution in [3.8, 4) is 0 Å². The standard InChI is InChI=1S/C18H21N3OS.2C2HF3O2/c1-14-5-6-15(23-14)11-20-9-7-18(12-20)10-17(22)21(13-18)16-4-2-3-8-19-16;2*3-2(4,5)1(6)7/h2-6,8H,7,9-13H2,1H3;2*(H,6,7). The van der Waals surface area contributed by atoms with Crippen molar-refractivity contribution in [2.24, 2.45) is 5.41 Å². The van der Waals surface area contributed by atoms with Gasteiger partial charge >= 0.3 is 24.3 Å². The molecule has 2 aromatic heterocycles. The lowest BCUT2D eigenvalue weighted by Gasteiger charge is -2.23. The summed E-state index contributed by atoms with van der Waals surface area (Å²) in [6.07, 6.45) is -6.65. The molecule has 15 heteroatoms. The number of thiophene rings is 1. The van der Waals surface area contributed by atoms with Crippen LogP contribution < -0.4 is 4.90 Å². The molecular formula is C22H23F6N3O5S. The van der Waals surface area contributed by atoms with Crippen LogP contribution in [0, 0.1) is 12.3 Å². The SMILES string of the molecule is Cc1ccc(CN2CCC3(CC(=O)N(c4ccccn4)C3)C2)s1.O=C(O)C(F)(F)F.O=C(O)C(F)(F)F. The van der Waals surface area contributed by atoms with Gasteiger partial charge < -0.3 is 10.2 Å². The van der Waals surface area contributed by atoms with Crippen LogP contribution >= 0.6 is 11.3 Å². The van der Waals surface area contributed by atoms with Crippen molar-refractivity contribution < 1.29 is 50.9 Å². The number of carboxylic acid groups (broad SMARTS) is 2. The van der Waals surface area contributed by atoms with E-state index >= 15 is 0 Å². The number of carboxylic acids is 2. The second kappa shape index (κ2) is 11.9. The Kier molecular flexibility index (Phi) is 9.66. The van der Waals surface area contributed by atoms with Crippen molar-refractivity contribution in [3.63, 3.8) is 0 Å². The summed E-state index contributed by atoms with van der Waals surface area (Å²) in [5, 5.41) is 14.2. The first-order chi connectivity index (χ1) is 17.0. The molecule has 0 radical (unpaired) electrons. The molecule has 1 unspecified atom stereocenters. The summed E-state index contributed by atoms with van der Waals surface area (Å²) < 4.78 is 63.5. The highest BCUT2D eigenvalue weighted by Gasteiger charge is 2.48. The van der Waals surface area contributed by atoms with Crippen LogP contribution in [-0.4, -0.2) is 69.9 Å². The van der Waals surface area contributed by atoms with Crippen LogP contribution in [0.5, 0.6) is 0 Å². The summed E-state index contributed by atoms with van der Waals surface area (Å²) in [6, 6.07) is 10.2. The topological polar surface area (TPSA) is 111 Å². The number of hydrogen-bond donors (Lipinski definition) is 2. The first-order valence-electron chi connectivity index (χ1n) is 10.6. The third-order valence-electron chi connectivity index (χ3n) is 5.42. The number of carbonyl (C=O) groups is 3. The van der Waals surface area contributed by atoms with E-state index in [1.807, 2.05) is 34.4 Å². The van der Waals surface area contributed by atoms with Gasteiger partial charge in [-0.2, -0.15) is 26.3 Å². The van der Waals surface area contributed by atoms with Crippen LogP contribution in [0.4, 0.5) is 32.2 Å². The molecular weight excluding hydrogens is 532 g/mol. The Labute approximate surface area is 211 Å². The number of alkyl halides is 6. The Hall–Kier alpha value is -3.20. The number of likely N-dealkylation sites (tertiary alicyclic amines) is 1. The highest BCUT2D eigenvalue weighted by molar-refractivity contribution is 7.11. The number of aliphatic carboxylic acids is 2. The molecule has 2 aromatic rings. The number of rotatable bonds is 3. The van der Waals surface area contributed by atoms with Crippen molar-refractivity contribution in [1.82, 2.24) is 9.88 Å². The van der Waals surface area contributed by atoms with Gasteiger partial charge in [-0.1, -0.05) is 6.07 Å². The van der Waals surface area contributed by atoms with Crippen LogP contribution in [0.3, 0.4) is 0 Å². The van der Waals surface area contributed by atoms with Gasteiger partial charge in [0.05, 0.1) is 0 Å². The predicted octanol–water partition coefficient (Wildman–Crippen LogP) is 4.35. The number of hydrogen-bond acceptors (Lipinski definition) is 6. The van der Waals surface area contributed by atoms with Gasteiger partial charge in [0.15, 0.2) is 0 Å². The average Bonchev–Trinajstić information content (AvgIpc) is 3.47. The van der Waals surface area contributed by atoms with E-state index in [9.17, 15) is 31.1 Å². The fourth-order valence-electron chi connectivity index (χ4n) is 3.84. The van der Waals surface area contributed by atoms with Gasteiger partial charge in [-0.25, -0.2) is 14.6 Å². The smallest absolute Gasteiger partial charge is 0.475 e. The van der Waals surface area contributed by atoms with Gasteiger partial charge in [0, 0.05) is 47.4 Å². The molecule has 2 aliphatic rings. The maximum atomic E-state index is 12.5. The lowest BCUT2D eigenvalue weighted by atomic mass is 9.86. The predicted molar refractivity (Wildman–Crippen MR) is 120 cm³/mol. The van der Waals surface area contributed by atoms with Gasteiger partial charge in [-0.3, -0.25) is 14.6 Å². The van der Waals surface area contributed by atoms with E-state index in [0.717, 1.165) is 38.4 Å². The number of halogens is 6. The van der Waals surface area contributed by atoms with E-state index in [-0.39, 0.29) is 11.3 Å². The van der Waals surface area contributed by atoms with Gasteiger partial charge in [0.25, 0.3) is 0 Å². The zero-order chi connectivity index (χ0) is 28.0. The zero-order valence-electron chi connectivity index (χ0n) is 19.3. The monoisotopic (exact) mass is 555 g/mol. The molecule has 0 aromatic carbocycles. The number of aromatic nitrogens is 1. The Morgan fingerprint density at radius 3 is 2.08 bits per heavy atom. The van der Waals surface area contributed by atoms with E-state index in [0.29, 0.717) is 6.42 Å². The molecule has 0 aliphatic carbocycles. The van der Waals surface area contributed by atoms with Gasteiger partial charge in [-0.05, 0) is 44.2 Å². The van der Waals surface area contributed by atoms with Crippen LogP contribution in [0.2, 0.25) is 0 Å². The van der Waals surface area contributed by atoms with E-state index in [1.165, 1.54) is 9.75 Å². The molecule has 2 fully saturated rings. The molecule has 2 saturated heterocycles. The van der Waals surface area contributed by atoms with Crippen LogP contribution in [-0.2, 0) is 20.9 Å². The number of carbonyl (C=O) groups excluding carboxylic acids is 1. The minimum Gasteiger partial charge on any atom is -0.475 e. The second-order valence-corrected chi connectivity index (χ2v) is 9.80. The van der Waals surface area contributed by atoms with E-state index in [1.54, 1.807) is 6.20 Å². The normalized spacial score (nSPS) is 19.8. The lowest BCUT2D eigenvalue weighted by Crippen LogP contribution is -2.31. The summed E-state index contributed by atoms with van der Waals surface area (Å²) >= 11 is 1.87. The number of aryl methyl sites for hydroxylation is 1. The Bertz CT molecular complexity index is 1070. The first-order valence-corrected chi connectivity index (χ1v) is 11.4. The molecule has 0 bridgehead atoms. The summed E-state index contributed by atoms with van der Waals surface area (Å²) in [7, 11) is 0. The molecule has 0 saturated carbocycles. The lowest BCUT2D eigenvalue weighted by molar-refractivity contribution is -0.193. The van der Waals surface area contributed by atoms with E-state index < -0.39 is 24.3 Å². The van der Waals surface area contributed by atoms with Crippen LogP contribution in [0.1, 0.15) is 22.6 Å². The zero-order valence-corrected chi connectivity index (χ0v) is 20.2. The van der Waals surface area contributed by atoms with E-state index in [4.69, 9.17) is 19.8 Å². The van der Waals surface area contributed by atoms with Crippen molar-refractivity contribution in [2.75, 3.05) is 24.5 Å². The highest BCUT2D eigenvalue weighted by Crippen LogP contribution is 2.42. The fourth-order valence-corrected chi connectivity index (χ4v) is 4.78. The summed E-state index contributed by atoms with van der Waals surface area (Å²) in [5.74, 6) is -4.50. The average molecular weight is 555 g/mol. The quantitative estimate of drug-likeness (QED) is 0.542. The third kappa shape index (κ3) is 9.00. The molecule has 2 N–H and O–H groups in total. The maximum Gasteiger partial charge on any atom is 0.490 e. The molecule has 4 heterocycles. The van der Waals surface area contributed by atoms with Gasteiger partial charge in [0.1, 0.15) is 5.82 Å². The minimum atomic E-state index is -5.08. The molecule has 1 amide bonds. The second-order valence-electron chi connectivity index (χ2n) is 8.42. The third-order valence-corrected chi connectivity index (χ3v) is 6.41. The van der Waals surface area contributed by atoms with Crippen molar-refractivity contribution >= 4 is 35.0 Å². The summed E-state index contributed by atoms with van der Waals surface area (Å²) in [5.41, 5.74) is 0.112. The number of pyridine rings is 1. The van der Waals surface area contributed by atoms with Crippen molar-refractivity contribution in [3.05, 3.63) is 46.3 Å². The molecule has 37 heavy (non-hydrogen) atoms. The number of nitrogens with zero attached hydrogens (tertiary/aromatic N) is 3. The van der Waals surface area contributed by atoms with Crippen LogP contribution in [0.15, 0.2) is 36.5 Å². The molecule has 1 spiro atoms. The van der Waals surface area contributed by atoms with Crippen molar-refractivity contribution in [2.45, 2.75) is 38.7 Å². The maximum absolute atomic E-state index is 12.5. The van der Waals surface area contributed by atoms with Crippen molar-refractivity contribution in [1.29, 1.82) is 0 Å². The Morgan fingerprint density at radius 2 is 1.62 bits per heavy atom. The minimum absolute atomic E-state index is 0.112. The molecule has 204 valence electrons. The van der Waals surface area contributed by atoms with Crippen LogP contribution in [0.25, 0.3) is 0 Å². The van der Waals surface area contributed by atoms with Gasteiger partial charge in [-0.15, -0.1) is 11.3 Å². The number of amides is 1.